The van der Waals surface area contributed by atoms with E-state index >= 15 is 0 Å². The Labute approximate surface area is 187 Å². The van der Waals surface area contributed by atoms with Crippen LogP contribution in [0.4, 0.5) is 0 Å². The number of Topliss-reactive ketones (excluding diaryl/α,β-unsaturated/α-hetero) is 2. The van der Waals surface area contributed by atoms with E-state index in [0.717, 1.165) is 12.7 Å². The summed E-state index contributed by atoms with van der Waals surface area (Å²) in [4.78, 5) is 43.2. The van der Waals surface area contributed by atoms with Gasteiger partial charge in [0.2, 0.25) is 11.6 Å². The molecule has 4 rings (SSSR count). The topological polar surface area (TPSA) is 180 Å². The fourth-order valence-corrected chi connectivity index (χ4v) is 4.77. The molecule has 0 fully saturated rings. The van der Waals surface area contributed by atoms with E-state index in [4.69, 9.17) is 10.6 Å². The van der Waals surface area contributed by atoms with Crippen molar-refractivity contribution in [2.24, 2.45) is 16.8 Å². The molecule has 0 unspecified atom stereocenters. The van der Waals surface area contributed by atoms with Crippen molar-refractivity contribution in [3.63, 3.8) is 0 Å². The molecular formula is C23H22N2O8. The Morgan fingerprint density at radius 3 is 2.45 bits per heavy atom. The lowest BCUT2D eigenvalue weighted by Gasteiger charge is -2.41. The van der Waals surface area contributed by atoms with E-state index in [-0.39, 0.29) is 34.6 Å². The first-order valence-corrected chi connectivity index (χ1v) is 10.1. The van der Waals surface area contributed by atoms with Crippen LogP contribution in [0.3, 0.4) is 0 Å². The van der Waals surface area contributed by atoms with E-state index in [0.29, 0.717) is 5.39 Å². The number of nitrogens with two attached hydrogens (primary N) is 1. The molecule has 2 aliphatic carbocycles. The van der Waals surface area contributed by atoms with Crippen LogP contribution in [0.15, 0.2) is 34.7 Å². The van der Waals surface area contributed by atoms with Crippen molar-refractivity contribution in [2.75, 3.05) is 7.11 Å². The number of oxime groups is 1. The Morgan fingerprint density at radius 1 is 1.21 bits per heavy atom. The number of aromatic hydroxyl groups is 2. The van der Waals surface area contributed by atoms with Gasteiger partial charge in [-0.15, -0.1) is 0 Å². The second kappa shape index (κ2) is 7.31. The molecule has 0 radical (unpaired) electrons. The van der Waals surface area contributed by atoms with Gasteiger partial charge in [0.1, 0.15) is 29.9 Å². The zero-order chi connectivity index (χ0) is 24.4. The number of aliphatic hydroxyl groups excluding tert-OH is 1. The predicted octanol–water partition coefficient (Wildman–Crippen LogP) is 1.34. The van der Waals surface area contributed by atoms with Crippen molar-refractivity contribution < 1.29 is 39.6 Å². The Balaban J connectivity index is 2.07. The quantitative estimate of drug-likeness (QED) is 0.262. The second-order valence-corrected chi connectivity index (χ2v) is 8.44. The number of rotatable bonds is 3. The lowest BCUT2D eigenvalue weighted by molar-refractivity contribution is -0.134. The summed E-state index contributed by atoms with van der Waals surface area (Å²) >= 11 is 0. The van der Waals surface area contributed by atoms with Crippen LogP contribution in [0.1, 0.15) is 41.3 Å². The van der Waals surface area contributed by atoms with Gasteiger partial charge >= 0.3 is 0 Å². The Hall–Kier alpha value is -3.92. The fourth-order valence-electron chi connectivity index (χ4n) is 4.77. The van der Waals surface area contributed by atoms with Crippen molar-refractivity contribution in [2.45, 2.75) is 31.8 Å². The molecule has 0 saturated heterocycles. The normalized spacial score (nSPS) is 23.8. The number of allylic oxidation sites excluding steroid dienone is 1. The second-order valence-electron chi connectivity index (χ2n) is 8.44. The molecule has 2 aliphatic rings. The van der Waals surface area contributed by atoms with Gasteiger partial charge in [0.15, 0.2) is 11.4 Å². The minimum absolute atomic E-state index is 0.00194. The number of nitrogens with zero attached hydrogens (tertiary/aromatic N) is 1. The van der Waals surface area contributed by atoms with Gasteiger partial charge in [-0.2, -0.15) is 0 Å². The van der Waals surface area contributed by atoms with E-state index in [1.807, 2.05) is 13.8 Å². The number of phenolic OH excluding ortho intramolecular Hbond substituents is 2. The van der Waals surface area contributed by atoms with Gasteiger partial charge in [-0.25, -0.2) is 0 Å². The molecule has 2 aromatic rings. The molecule has 33 heavy (non-hydrogen) atoms. The lowest BCUT2D eigenvalue weighted by Crippen LogP contribution is -2.62. The zero-order valence-electron chi connectivity index (χ0n) is 18.0. The number of phenols is 2. The van der Waals surface area contributed by atoms with E-state index in [2.05, 4.69) is 5.16 Å². The van der Waals surface area contributed by atoms with Crippen LogP contribution in [-0.2, 0) is 20.8 Å². The zero-order valence-corrected chi connectivity index (χ0v) is 18.0. The summed E-state index contributed by atoms with van der Waals surface area (Å²) in [6.07, 6.45) is -0.210. The van der Waals surface area contributed by atoms with Gasteiger partial charge in [-0.1, -0.05) is 25.1 Å². The van der Waals surface area contributed by atoms with Gasteiger partial charge in [-0.05, 0) is 41.0 Å². The molecule has 0 bridgehead atoms. The van der Waals surface area contributed by atoms with Crippen LogP contribution in [-0.4, -0.2) is 56.3 Å². The summed E-state index contributed by atoms with van der Waals surface area (Å²) in [7, 11) is 1.15. The Morgan fingerprint density at radius 2 is 1.88 bits per heavy atom. The first-order valence-electron chi connectivity index (χ1n) is 10.1. The summed E-state index contributed by atoms with van der Waals surface area (Å²) in [5.74, 6) is -7.15. The SMILES string of the molecule is CO/N=C1\C(O)=C(C(N)=O)C(=O)[C@@]2(O)C(=O)c3c(cc4c(C(C)C)ccc(O)c4c3O)C[C@@H]12. The molecule has 1 amide bonds. The highest BCUT2D eigenvalue weighted by atomic mass is 16.6. The molecule has 10 heteroatoms. The van der Waals surface area contributed by atoms with Crippen LogP contribution < -0.4 is 5.73 Å². The fraction of sp³-hybridized carbons (Fsp3) is 0.304. The standard InChI is InChI=1S/C23H22N2O8/c1-8(2)10-4-5-13(26)15-11(10)6-9-7-12-17(25-33-3)19(28)16(22(24)31)21(30)23(12,32)20(29)14(9)18(15)27/h4-6,8,12,26-28,32H,7H2,1-3H3,(H2,24,31)/b25-17-/t12-,23-/m0/s1. The molecule has 2 aromatic carbocycles. The number of primary amides is 1. The number of carbonyl (C=O) groups excluding carboxylic acids is 3. The van der Waals surface area contributed by atoms with Gasteiger partial charge < -0.3 is 31.0 Å². The summed E-state index contributed by atoms with van der Waals surface area (Å²) in [6, 6.07) is 4.68. The number of benzene rings is 2. The van der Waals surface area contributed by atoms with E-state index in [1.54, 1.807) is 12.1 Å². The number of fused-ring (bicyclic) bond motifs is 3. The summed E-state index contributed by atoms with van der Waals surface area (Å²) < 4.78 is 0. The molecule has 10 nitrogen and oxygen atoms in total. The number of aliphatic hydroxyl groups is 2. The van der Waals surface area contributed by atoms with Crippen molar-refractivity contribution in [1.29, 1.82) is 0 Å². The van der Waals surface area contributed by atoms with Crippen LogP contribution in [0.25, 0.3) is 10.8 Å². The van der Waals surface area contributed by atoms with Gasteiger partial charge in [-0.3, -0.25) is 14.4 Å². The maximum atomic E-state index is 13.5. The maximum absolute atomic E-state index is 13.5. The highest BCUT2D eigenvalue weighted by Crippen LogP contribution is 2.48. The largest absolute Gasteiger partial charge is 0.507 e. The molecule has 6 N–H and O–H groups in total. The minimum atomic E-state index is -2.88. The number of ketones is 2. The van der Waals surface area contributed by atoms with Gasteiger partial charge in [0, 0.05) is 0 Å². The average molecular weight is 454 g/mol. The molecule has 0 spiro atoms. The number of amides is 1. The lowest BCUT2D eigenvalue weighted by atomic mass is 9.62. The maximum Gasteiger partial charge on any atom is 0.256 e. The summed E-state index contributed by atoms with van der Waals surface area (Å²) in [5, 5.41) is 47.4. The summed E-state index contributed by atoms with van der Waals surface area (Å²) in [5.41, 5.74) is 1.64. The number of hydrogen-bond acceptors (Lipinski definition) is 9. The highest BCUT2D eigenvalue weighted by Gasteiger charge is 2.62. The molecule has 0 heterocycles. The van der Waals surface area contributed by atoms with E-state index < -0.39 is 51.8 Å². The Kier molecular flexibility index (Phi) is 4.93. The van der Waals surface area contributed by atoms with Crippen molar-refractivity contribution in [3.05, 3.63) is 46.2 Å². The number of hydrogen-bond donors (Lipinski definition) is 5. The molecule has 0 aliphatic heterocycles. The van der Waals surface area contributed by atoms with Crippen LogP contribution in [0.5, 0.6) is 11.5 Å². The third-order valence-electron chi connectivity index (χ3n) is 6.31. The van der Waals surface area contributed by atoms with Crippen LogP contribution in [0, 0.1) is 5.92 Å². The van der Waals surface area contributed by atoms with Crippen LogP contribution >= 0.6 is 0 Å². The molecule has 0 aromatic heterocycles. The third kappa shape index (κ3) is 2.83. The minimum Gasteiger partial charge on any atom is -0.507 e. The first-order chi connectivity index (χ1) is 15.5. The molecular weight excluding hydrogens is 432 g/mol. The Bertz CT molecular complexity index is 1320. The van der Waals surface area contributed by atoms with E-state index in [9.17, 15) is 34.8 Å². The van der Waals surface area contributed by atoms with Gasteiger partial charge in [0.25, 0.3) is 5.91 Å². The monoisotopic (exact) mass is 454 g/mol. The van der Waals surface area contributed by atoms with Crippen molar-refractivity contribution in [1.82, 2.24) is 0 Å². The van der Waals surface area contributed by atoms with Gasteiger partial charge in [0.05, 0.1) is 16.9 Å². The molecule has 0 saturated carbocycles. The van der Waals surface area contributed by atoms with Crippen LogP contribution in [0.2, 0.25) is 0 Å². The average Bonchev–Trinajstić information content (AvgIpc) is 2.73. The number of carbonyl (C=O) groups is 3. The third-order valence-corrected chi connectivity index (χ3v) is 6.31. The molecule has 172 valence electrons. The van der Waals surface area contributed by atoms with Crippen molar-refractivity contribution in [3.8, 4) is 11.5 Å². The smallest absolute Gasteiger partial charge is 0.256 e. The van der Waals surface area contributed by atoms with Crippen molar-refractivity contribution >= 4 is 34.0 Å². The molecule has 2 atom stereocenters. The first kappa shape index (κ1) is 22.3. The predicted molar refractivity (Wildman–Crippen MR) is 116 cm³/mol. The van der Waals surface area contributed by atoms with E-state index in [1.165, 1.54) is 6.07 Å². The highest BCUT2D eigenvalue weighted by molar-refractivity contribution is 6.38. The summed E-state index contributed by atoms with van der Waals surface area (Å²) in [6.45, 7) is 3.84.